The third-order valence-electron chi connectivity index (χ3n) is 12.7. The second kappa shape index (κ2) is 14.2. The number of benzene rings is 2. The lowest BCUT2D eigenvalue weighted by atomic mass is 9.68. The maximum Gasteiger partial charge on any atom is 0.339 e. The van der Waals surface area contributed by atoms with Gasteiger partial charge >= 0.3 is 5.97 Å². The molecule has 0 aromatic heterocycles. The zero-order chi connectivity index (χ0) is 33.4. The van der Waals surface area contributed by atoms with Crippen LogP contribution < -0.4 is 9.64 Å². The van der Waals surface area contributed by atoms with Crippen molar-refractivity contribution in [3.63, 3.8) is 0 Å². The molecule has 0 N–H and O–H groups in total. The summed E-state index contributed by atoms with van der Waals surface area (Å²) in [4.78, 5) is 40.9. The molecule has 5 heteroatoms. The van der Waals surface area contributed by atoms with E-state index in [9.17, 15) is 14.4 Å². The molecule has 2 aromatic carbocycles. The number of allylic oxidation sites excluding steroid dienone is 2. The Hall–Kier alpha value is -3.47. The molecule has 1 heterocycles. The number of nitrogens with zero attached hydrogens (tertiary/aromatic N) is 1. The number of fused-ring (bicyclic) bond motifs is 5. The van der Waals surface area contributed by atoms with E-state index in [1.165, 1.54) is 87.5 Å². The Morgan fingerprint density at radius 3 is 2.06 bits per heavy atom. The lowest BCUT2D eigenvalue weighted by molar-refractivity contribution is -0.130. The largest absolute Gasteiger partial charge is 0.423 e. The molecule has 4 aliphatic carbocycles. The van der Waals surface area contributed by atoms with Gasteiger partial charge in [0.2, 0.25) is 11.8 Å². The van der Waals surface area contributed by atoms with Crippen LogP contribution in [0.3, 0.4) is 0 Å². The molecule has 1 aliphatic heterocycles. The van der Waals surface area contributed by atoms with E-state index in [2.05, 4.69) is 43.3 Å². The number of hydrogen-bond donors (Lipinski definition) is 0. The van der Waals surface area contributed by atoms with Crippen LogP contribution >= 0.6 is 0 Å². The molecule has 4 unspecified atom stereocenters. The topological polar surface area (TPSA) is 63.7 Å². The Kier molecular flexibility index (Phi) is 9.76. The van der Waals surface area contributed by atoms with E-state index >= 15 is 0 Å². The number of ether oxygens (including phenoxy) is 1. The molecule has 4 fully saturated rings. The van der Waals surface area contributed by atoms with Gasteiger partial charge in [0.1, 0.15) is 5.75 Å². The van der Waals surface area contributed by atoms with Crippen molar-refractivity contribution in [3.8, 4) is 5.75 Å². The summed E-state index contributed by atoms with van der Waals surface area (Å²) >= 11 is 0. The number of carbonyl (C=O) groups is 3. The van der Waals surface area contributed by atoms with Gasteiger partial charge in [-0.1, -0.05) is 81.9 Å². The third-order valence-corrected chi connectivity index (χ3v) is 12.7. The average molecular weight is 648 g/mol. The minimum Gasteiger partial charge on any atom is -0.423 e. The molecule has 7 rings (SSSR count). The van der Waals surface area contributed by atoms with Gasteiger partial charge in [0.25, 0.3) is 0 Å². The number of carbonyl (C=O) groups excluding carboxylic acids is 3. The van der Waals surface area contributed by atoms with E-state index < -0.39 is 5.97 Å². The Morgan fingerprint density at radius 2 is 1.46 bits per heavy atom. The summed E-state index contributed by atoms with van der Waals surface area (Å²) in [5.74, 6) is 3.21. The van der Waals surface area contributed by atoms with Gasteiger partial charge in [0.15, 0.2) is 0 Å². The molecule has 5 aliphatic rings. The van der Waals surface area contributed by atoms with Crippen molar-refractivity contribution in [2.75, 3.05) is 4.90 Å². The molecule has 1 saturated heterocycles. The molecule has 2 amide bonds. The maximum atomic E-state index is 13.2. The standard InChI is InChI=1S/C43H53NO4/c1-4-5-6-7-29-8-12-31(13-9-29)33-16-18-34(19-17-33)32-14-10-30(11-15-32)24-28(3)43(47)48-38-23-22-37(25-27(38)2)44-41(45)39-35-20-21-36(26-35)40(39)42(44)46/h10-11,14-15,20-25,29,31,33-36,39-40H,4-9,12-13,16-19,26H2,1-3H3/b28-24+. The first-order valence-corrected chi connectivity index (χ1v) is 19.0. The minimum absolute atomic E-state index is 0.103. The molecule has 4 atom stereocenters. The highest BCUT2D eigenvalue weighted by Gasteiger charge is 2.59. The van der Waals surface area contributed by atoms with E-state index in [1.807, 2.05) is 13.0 Å². The van der Waals surface area contributed by atoms with Gasteiger partial charge < -0.3 is 4.74 Å². The Bertz CT molecular complexity index is 1540. The predicted octanol–water partition coefficient (Wildman–Crippen LogP) is 9.98. The summed E-state index contributed by atoms with van der Waals surface area (Å²) in [5, 5.41) is 0. The van der Waals surface area contributed by atoms with E-state index in [4.69, 9.17) is 4.74 Å². The van der Waals surface area contributed by atoms with Crippen LogP contribution in [0.1, 0.15) is 120 Å². The first kappa shape index (κ1) is 33.0. The number of amides is 2. The van der Waals surface area contributed by atoms with Crippen molar-refractivity contribution in [2.45, 2.75) is 110 Å². The first-order chi connectivity index (χ1) is 23.3. The highest BCUT2D eigenvalue weighted by atomic mass is 16.5. The quantitative estimate of drug-likeness (QED) is 0.0643. The fraction of sp³-hybridized carbons (Fsp3) is 0.558. The molecule has 254 valence electrons. The second-order valence-corrected chi connectivity index (χ2v) is 15.7. The molecule has 2 aromatic rings. The summed E-state index contributed by atoms with van der Waals surface area (Å²) in [6, 6.07) is 13.9. The Morgan fingerprint density at radius 1 is 0.833 bits per heavy atom. The smallest absolute Gasteiger partial charge is 0.339 e. The summed E-state index contributed by atoms with van der Waals surface area (Å²) in [6.45, 7) is 5.93. The molecule has 2 bridgehead atoms. The number of hydrogen-bond acceptors (Lipinski definition) is 4. The van der Waals surface area contributed by atoms with Crippen LogP contribution in [0.4, 0.5) is 5.69 Å². The van der Waals surface area contributed by atoms with Crippen molar-refractivity contribution in [1.82, 2.24) is 0 Å². The number of unbranched alkanes of at least 4 members (excludes halogenated alkanes) is 2. The summed E-state index contributed by atoms with van der Waals surface area (Å²) in [5.41, 5.74) is 4.19. The lowest BCUT2D eigenvalue weighted by Gasteiger charge is -2.38. The van der Waals surface area contributed by atoms with Crippen molar-refractivity contribution in [2.24, 2.45) is 41.4 Å². The maximum absolute atomic E-state index is 13.2. The average Bonchev–Trinajstić information content (AvgIpc) is 3.80. The first-order valence-electron chi connectivity index (χ1n) is 19.0. The van der Waals surface area contributed by atoms with Crippen molar-refractivity contribution >= 4 is 29.5 Å². The fourth-order valence-electron chi connectivity index (χ4n) is 9.95. The van der Waals surface area contributed by atoms with Crippen LogP contribution in [0.25, 0.3) is 6.08 Å². The van der Waals surface area contributed by atoms with E-state index in [0.29, 0.717) is 28.5 Å². The second-order valence-electron chi connectivity index (χ2n) is 15.7. The van der Waals surface area contributed by atoms with Crippen LogP contribution in [0.2, 0.25) is 0 Å². The summed E-state index contributed by atoms with van der Waals surface area (Å²) in [6.07, 6.45) is 23.8. The van der Waals surface area contributed by atoms with E-state index in [1.54, 1.807) is 25.1 Å². The number of anilines is 1. The van der Waals surface area contributed by atoms with E-state index in [-0.39, 0.29) is 35.5 Å². The van der Waals surface area contributed by atoms with Gasteiger partial charge in [-0.3, -0.25) is 14.5 Å². The normalized spacial score (nSPS) is 31.4. The van der Waals surface area contributed by atoms with Crippen LogP contribution in [-0.4, -0.2) is 17.8 Å². The van der Waals surface area contributed by atoms with Crippen LogP contribution in [-0.2, 0) is 14.4 Å². The van der Waals surface area contributed by atoms with Crippen LogP contribution in [0.15, 0.2) is 60.2 Å². The van der Waals surface area contributed by atoms with E-state index in [0.717, 1.165) is 29.7 Å². The molecule has 0 radical (unpaired) electrons. The Labute approximate surface area is 287 Å². The van der Waals surface area contributed by atoms with Gasteiger partial charge in [-0.05, 0) is 135 Å². The number of esters is 1. The van der Waals surface area contributed by atoms with Gasteiger partial charge in [0.05, 0.1) is 17.5 Å². The van der Waals surface area contributed by atoms with Crippen LogP contribution in [0, 0.1) is 48.3 Å². The molecular weight excluding hydrogens is 594 g/mol. The number of aryl methyl sites for hydroxylation is 1. The Balaban J connectivity index is 0.899. The zero-order valence-electron chi connectivity index (χ0n) is 29.2. The molecule has 5 nitrogen and oxygen atoms in total. The minimum atomic E-state index is -0.409. The monoisotopic (exact) mass is 647 g/mol. The highest BCUT2D eigenvalue weighted by Crippen LogP contribution is 2.53. The van der Waals surface area contributed by atoms with Gasteiger partial charge in [-0.2, -0.15) is 0 Å². The van der Waals surface area contributed by atoms with Crippen molar-refractivity contribution < 1.29 is 19.1 Å². The highest BCUT2D eigenvalue weighted by molar-refractivity contribution is 6.22. The summed E-state index contributed by atoms with van der Waals surface area (Å²) in [7, 11) is 0. The predicted molar refractivity (Wildman–Crippen MR) is 191 cm³/mol. The summed E-state index contributed by atoms with van der Waals surface area (Å²) < 4.78 is 5.77. The molecule has 3 saturated carbocycles. The SMILES string of the molecule is CCCCCC1CCC(C2CCC(c3ccc(/C=C(\C)C(=O)Oc4ccc(N5C(=O)C6C7C=CC(C7)C6C5=O)cc4C)cc3)CC2)CC1. The zero-order valence-corrected chi connectivity index (χ0v) is 29.2. The lowest BCUT2D eigenvalue weighted by Crippen LogP contribution is -2.32. The van der Waals surface area contributed by atoms with Gasteiger partial charge in [0, 0.05) is 5.57 Å². The van der Waals surface area contributed by atoms with Gasteiger partial charge in [-0.25, -0.2) is 4.79 Å². The third kappa shape index (κ3) is 6.59. The van der Waals surface area contributed by atoms with Crippen LogP contribution in [0.5, 0.6) is 5.75 Å². The number of imide groups is 1. The van der Waals surface area contributed by atoms with Gasteiger partial charge in [-0.15, -0.1) is 0 Å². The molecular formula is C43H53NO4. The molecule has 0 spiro atoms. The number of rotatable bonds is 10. The van der Waals surface area contributed by atoms with Crippen molar-refractivity contribution in [3.05, 3.63) is 76.9 Å². The van der Waals surface area contributed by atoms with Crippen molar-refractivity contribution in [1.29, 1.82) is 0 Å². The fourth-order valence-corrected chi connectivity index (χ4v) is 9.95. The molecule has 48 heavy (non-hydrogen) atoms.